The summed E-state index contributed by atoms with van der Waals surface area (Å²) in [4.78, 5) is 16.5. The van der Waals surface area contributed by atoms with Crippen molar-refractivity contribution in [3.63, 3.8) is 0 Å². The van der Waals surface area contributed by atoms with Crippen LogP contribution in [0.5, 0.6) is 5.75 Å². The van der Waals surface area contributed by atoms with Crippen LogP contribution in [0.4, 0.5) is 0 Å². The predicted molar refractivity (Wildman–Crippen MR) is 89.5 cm³/mol. The van der Waals surface area contributed by atoms with Crippen molar-refractivity contribution in [3.05, 3.63) is 70.4 Å². The van der Waals surface area contributed by atoms with Crippen LogP contribution in [0.2, 0.25) is 0 Å². The minimum Gasteiger partial charge on any atom is -0.496 e. The zero-order valence-electron chi connectivity index (χ0n) is 13.3. The van der Waals surface area contributed by atoms with E-state index in [1.807, 2.05) is 56.3 Å². The molecule has 23 heavy (non-hydrogen) atoms. The molecule has 0 saturated heterocycles. The van der Waals surface area contributed by atoms with Crippen LogP contribution in [0.15, 0.2) is 53.2 Å². The van der Waals surface area contributed by atoms with Gasteiger partial charge in [-0.1, -0.05) is 29.8 Å². The Morgan fingerprint density at radius 2 is 1.91 bits per heavy atom. The number of aliphatic imine (C=N–C) groups is 1. The molecular weight excluding hydrogens is 290 g/mol. The molecule has 0 aliphatic carbocycles. The minimum atomic E-state index is -0.452. The van der Waals surface area contributed by atoms with Crippen molar-refractivity contribution < 1.29 is 14.3 Å². The van der Waals surface area contributed by atoms with Crippen LogP contribution < -0.4 is 4.74 Å². The quantitative estimate of drug-likeness (QED) is 0.642. The zero-order valence-corrected chi connectivity index (χ0v) is 13.3. The third-order valence-corrected chi connectivity index (χ3v) is 3.67. The van der Waals surface area contributed by atoms with E-state index in [1.165, 1.54) is 0 Å². The minimum absolute atomic E-state index is 0.271. The number of hydrogen-bond acceptors (Lipinski definition) is 4. The van der Waals surface area contributed by atoms with Gasteiger partial charge in [0.1, 0.15) is 5.75 Å². The number of nitrogens with zero attached hydrogens (tertiary/aromatic N) is 1. The maximum Gasteiger partial charge on any atom is 0.363 e. The molecule has 3 rings (SSSR count). The molecule has 2 aromatic rings. The van der Waals surface area contributed by atoms with Gasteiger partial charge in [0.05, 0.1) is 7.11 Å². The lowest BCUT2D eigenvalue weighted by atomic mass is 10.1. The molecule has 0 fully saturated rings. The van der Waals surface area contributed by atoms with Crippen molar-refractivity contribution >= 4 is 17.9 Å². The second-order valence-corrected chi connectivity index (χ2v) is 5.40. The van der Waals surface area contributed by atoms with E-state index in [9.17, 15) is 4.79 Å². The van der Waals surface area contributed by atoms with Crippen molar-refractivity contribution in [2.24, 2.45) is 4.99 Å². The van der Waals surface area contributed by atoms with Crippen molar-refractivity contribution in [1.82, 2.24) is 0 Å². The summed E-state index contributed by atoms with van der Waals surface area (Å²) in [7, 11) is 1.60. The highest BCUT2D eigenvalue weighted by molar-refractivity contribution is 6.13. The van der Waals surface area contributed by atoms with Crippen molar-refractivity contribution in [2.45, 2.75) is 13.8 Å². The number of aryl methyl sites for hydroxylation is 2. The third-order valence-electron chi connectivity index (χ3n) is 3.67. The Hall–Kier alpha value is -2.88. The Morgan fingerprint density at radius 1 is 1.13 bits per heavy atom. The second kappa shape index (κ2) is 6.08. The standard InChI is InChI=1S/C19H17NO3/c1-12-8-9-17(22-3)14(10-12)11-16-19(21)23-18(20-16)15-7-5-4-6-13(15)2/h4-11H,1-3H3. The highest BCUT2D eigenvalue weighted by Gasteiger charge is 2.25. The molecular formula is C19H17NO3. The van der Waals surface area contributed by atoms with Crippen LogP contribution in [0.1, 0.15) is 22.3 Å². The number of cyclic esters (lactones) is 1. The maximum absolute atomic E-state index is 12.1. The zero-order chi connectivity index (χ0) is 16.4. The molecule has 0 aromatic heterocycles. The summed E-state index contributed by atoms with van der Waals surface area (Å²) < 4.78 is 10.7. The largest absolute Gasteiger partial charge is 0.496 e. The number of ether oxygens (including phenoxy) is 2. The van der Waals surface area contributed by atoms with E-state index < -0.39 is 5.97 Å². The molecule has 0 amide bonds. The predicted octanol–water partition coefficient (Wildman–Crippen LogP) is 3.66. The van der Waals surface area contributed by atoms with Crippen LogP contribution in [-0.4, -0.2) is 19.0 Å². The summed E-state index contributed by atoms with van der Waals surface area (Å²) >= 11 is 0. The monoisotopic (exact) mass is 307 g/mol. The molecule has 1 aliphatic rings. The van der Waals surface area contributed by atoms with Gasteiger partial charge in [-0.2, -0.15) is 0 Å². The second-order valence-electron chi connectivity index (χ2n) is 5.40. The molecule has 0 saturated carbocycles. The fourth-order valence-electron chi connectivity index (χ4n) is 2.45. The van der Waals surface area contributed by atoms with Gasteiger partial charge in [-0.25, -0.2) is 9.79 Å². The van der Waals surface area contributed by atoms with E-state index in [4.69, 9.17) is 9.47 Å². The Bertz CT molecular complexity index is 834. The average Bonchev–Trinajstić information content (AvgIpc) is 2.89. The van der Waals surface area contributed by atoms with E-state index in [0.29, 0.717) is 11.6 Å². The first kappa shape index (κ1) is 15.0. The highest BCUT2D eigenvalue weighted by atomic mass is 16.6. The number of carbonyl (C=O) groups excluding carboxylic acids is 1. The Labute approximate surface area is 135 Å². The fraction of sp³-hybridized carbons (Fsp3) is 0.158. The molecule has 0 atom stereocenters. The number of benzene rings is 2. The van der Waals surface area contributed by atoms with Gasteiger partial charge in [-0.05, 0) is 43.7 Å². The summed E-state index contributed by atoms with van der Waals surface area (Å²) in [6.45, 7) is 3.94. The number of carbonyl (C=O) groups is 1. The molecule has 4 heteroatoms. The van der Waals surface area contributed by atoms with Crippen molar-refractivity contribution in [1.29, 1.82) is 0 Å². The van der Waals surface area contributed by atoms with E-state index >= 15 is 0 Å². The average molecular weight is 307 g/mol. The molecule has 1 heterocycles. The third kappa shape index (κ3) is 3.01. The van der Waals surface area contributed by atoms with Crippen LogP contribution >= 0.6 is 0 Å². The SMILES string of the molecule is COc1ccc(C)cc1C=C1N=C(c2ccccc2C)OC1=O. The van der Waals surface area contributed by atoms with Crippen molar-refractivity contribution in [2.75, 3.05) is 7.11 Å². The van der Waals surface area contributed by atoms with E-state index in [2.05, 4.69) is 4.99 Å². The molecule has 0 N–H and O–H groups in total. The van der Waals surface area contributed by atoms with Gasteiger partial charge in [-0.15, -0.1) is 0 Å². The van der Waals surface area contributed by atoms with Crippen LogP contribution in [0, 0.1) is 13.8 Å². The van der Waals surface area contributed by atoms with Crippen molar-refractivity contribution in [3.8, 4) is 5.75 Å². The van der Waals surface area contributed by atoms with Gasteiger partial charge in [0.15, 0.2) is 5.70 Å². The molecule has 0 unspecified atom stereocenters. The van der Waals surface area contributed by atoms with E-state index in [-0.39, 0.29) is 5.70 Å². The summed E-state index contributed by atoms with van der Waals surface area (Å²) in [5, 5.41) is 0. The van der Waals surface area contributed by atoms with Gasteiger partial charge >= 0.3 is 5.97 Å². The Balaban J connectivity index is 2.02. The molecule has 0 radical (unpaired) electrons. The molecule has 116 valence electrons. The summed E-state index contributed by atoms with van der Waals surface area (Å²) in [6, 6.07) is 13.4. The lowest BCUT2D eigenvalue weighted by molar-refractivity contribution is -0.129. The molecule has 0 bridgehead atoms. The molecule has 2 aromatic carbocycles. The van der Waals surface area contributed by atoms with Gasteiger partial charge in [-0.3, -0.25) is 0 Å². The van der Waals surface area contributed by atoms with Gasteiger partial charge in [0.25, 0.3) is 0 Å². The van der Waals surface area contributed by atoms with E-state index in [1.54, 1.807) is 13.2 Å². The Kier molecular flexibility index (Phi) is 3.98. The highest BCUT2D eigenvalue weighted by Crippen LogP contribution is 2.26. The molecule has 1 aliphatic heterocycles. The van der Waals surface area contributed by atoms with Crippen LogP contribution in [0.25, 0.3) is 6.08 Å². The first-order valence-corrected chi connectivity index (χ1v) is 7.31. The fourth-order valence-corrected chi connectivity index (χ4v) is 2.45. The number of esters is 1. The number of hydrogen-bond donors (Lipinski definition) is 0. The van der Waals surface area contributed by atoms with Gasteiger partial charge in [0, 0.05) is 11.1 Å². The van der Waals surface area contributed by atoms with Gasteiger partial charge < -0.3 is 9.47 Å². The normalized spacial score (nSPS) is 15.5. The van der Waals surface area contributed by atoms with Gasteiger partial charge in [0.2, 0.25) is 5.90 Å². The smallest absolute Gasteiger partial charge is 0.363 e. The summed E-state index contributed by atoms with van der Waals surface area (Å²) in [6.07, 6.45) is 1.69. The van der Waals surface area contributed by atoms with E-state index in [0.717, 1.165) is 22.3 Å². The first-order chi connectivity index (χ1) is 11.1. The maximum atomic E-state index is 12.1. The van der Waals surface area contributed by atoms with Crippen LogP contribution in [-0.2, 0) is 9.53 Å². The molecule has 0 spiro atoms. The van der Waals surface area contributed by atoms with Crippen LogP contribution in [0.3, 0.4) is 0 Å². The lowest BCUT2D eigenvalue weighted by Crippen LogP contribution is -2.06. The molecule has 4 nitrogen and oxygen atoms in total. The first-order valence-electron chi connectivity index (χ1n) is 7.31. The summed E-state index contributed by atoms with van der Waals surface area (Å²) in [5.74, 6) is 0.577. The number of methoxy groups -OCH3 is 1. The Morgan fingerprint density at radius 3 is 2.65 bits per heavy atom. The topological polar surface area (TPSA) is 47.9 Å². The lowest BCUT2D eigenvalue weighted by Gasteiger charge is -2.05. The summed E-state index contributed by atoms with van der Waals surface area (Å²) in [5.41, 5.74) is 3.97. The number of rotatable bonds is 3.